The van der Waals surface area contributed by atoms with Crippen LogP contribution in [0.1, 0.15) is 22.3 Å². The van der Waals surface area contributed by atoms with Crippen molar-refractivity contribution in [3.8, 4) is 6.07 Å². The van der Waals surface area contributed by atoms with Crippen LogP contribution in [0, 0.1) is 11.3 Å². The van der Waals surface area contributed by atoms with Crippen LogP contribution in [-0.4, -0.2) is 32.9 Å². The van der Waals surface area contributed by atoms with Crippen molar-refractivity contribution >= 4 is 0 Å². The van der Waals surface area contributed by atoms with Crippen LogP contribution >= 0.6 is 0 Å². The van der Waals surface area contributed by atoms with Crippen molar-refractivity contribution in [1.82, 2.24) is 14.7 Å². The average molecular weight is 346 g/mol. The largest absolute Gasteiger partial charge is 0.395 e. The van der Waals surface area contributed by atoms with E-state index < -0.39 is 0 Å². The molecule has 1 heterocycles. The molecule has 0 saturated carbocycles. The van der Waals surface area contributed by atoms with Gasteiger partial charge in [0.2, 0.25) is 0 Å². The summed E-state index contributed by atoms with van der Waals surface area (Å²) < 4.78 is 1.92. The minimum atomic E-state index is 0.0763. The molecule has 0 unspecified atom stereocenters. The van der Waals surface area contributed by atoms with Gasteiger partial charge in [0.15, 0.2) is 0 Å². The van der Waals surface area contributed by atoms with Crippen LogP contribution in [0.25, 0.3) is 0 Å². The van der Waals surface area contributed by atoms with Gasteiger partial charge in [-0.25, -0.2) is 0 Å². The van der Waals surface area contributed by atoms with Crippen LogP contribution in [0.3, 0.4) is 0 Å². The third kappa shape index (κ3) is 4.79. The smallest absolute Gasteiger partial charge is 0.0995 e. The van der Waals surface area contributed by atoms with Gasteiger partial charge in [0, 0.05) is 31.4 Å². The number of rotatable bonds is 8. The second-order valence-electron chi connectivity index (χ2n) is 6.23. The SMILES string of the molecule is N#Cc1ccccc1CN(CCO)Cc1cnn(Cc2ccccc2)c1. The van der Waals surface area contributed by atoms with Gasteiger partial charge in [0.1, 0.15) is 0 Å². The van der Waals surface area contributed by atoms with Crippen LogP contribution in [0.2, 0.25) is 0 Å². The Kier molecular flexibility index (Phi) is 6.15. The summed E-state index contributed by atoms with van der Waals surface area (Å²) >= 11 is 0. The Morgan fingerprint density at radius 3 is 2.54 bits per heavy atom. The van der Waals surface area contributed by atoms with Gasteiger partial charge in [0.25, 0.3) is 0 Å². The van der Waals surface area contributed by atoms with Crippen molar-refractivity contribution in [2.24, 2.45) is 0 Å². The first kappa shape index (κ1) is 17.9. The minimum Gasteiger partial charge on any atom is -0.395 e. The van der Waals surface area contributed by atoms with Crippen molar-refractivity contribution in [2.75, 3.05) is 13.2 Å². The number of aliphatic hydroxyl groups excluding tert-OH is 1. The maximum atomic E-state index is 9.39. The lowest BCUT2D eigenvalue weighted by Crippen LogP contribution is -2.26. The molecule has 5 heteroatoms. The van der Waals surface area contributed by atoms with Crippen molar-refractivity contribution in [3.63, 3.8) is 0 Å². The summed E-state index contributed by atoms with van der Waals surface area (Å²) in [5.41, 5.74) is 3.94. The molecule has 3 aromatic rings. The van der Waals surface area contributed by atoms with Crippen molar-refractivity contribution < 1.29 is 5.11 Å². The highest BCUT2D eigenvalue weighted by Crippen LogP contribution is 2.13. The Bertz CT molecular complexity index is 867. The maximum Gasteiger partial charge on any atom is 0.0995 e. The van der Waals surface area contributed by atoms with Gasteiger partial charge in [0.05, 0.1) is 31.0 Å². The number of hydrogen-bond donors (Lipinski definition) is 1. The highest BCUT2D eigenvalue weighted by atomic mass is 16.3. The monoisotopic (exact) mass is 346 g/mol. The normalized spacial score (nSPS) is 10.8. The van der Waals surface area contributed by atoms with E-state index in [1.807, 2.05) is 59.5 Å². The van der Waals surface area contributed by atoms with Gasteiger partial charge in [-0.3, -0.25) is 9.58 Å². The molecular formula is C21H22N4O. The Morgan fingerprint density at radius 2 is 1.77 bits per heavy atom. The first-order valence-electron chi connectivity index (χ1n) is 8.65. The summed E-state index contributed by atoms with van der Waals surface area (Å²) in [5.74, 6) is 0. The fourth-order valence-corrected chi connectivity index (χ4v) is 2.97. The van der Waals surface area contributed by atoms with E-state index in [4.69, 9.17) is 0 Å². The lowest BCUT2D eigenvalue weighted by atomic mass is 10.1. The number of aliphatic hydroxyl groups is 1. The molecule has 3 rings (SSSR count). The molecule has 0 fully saturated rings. The molecule has 0 spiro atoms. The van der Waals surface area contributed by atoms with Crippen LogP contribution in [0.4, 0.5) is 0 Å². The molecule has 0 aliphatic rings. The summed E-state index contributed by atoms with van der Waals surface area (Å²) in [7, 11) is 0. The van der Waals surface area contributed by atoms with Crippen LogP contribution < -0.4 is 0 Å². The zero-order valence-corrected chi connectivity index (χ0v) is 14.6. The van der Waals surface area contributed by atoms with Gasteiger partial charge in [-0.05, 0) is 17.2 Å². The minimum absolute atomic E-state index is 0.0763. The summed E-state index contributed by atoms with van der Waals surface area (Å²) in [4.78, 5) is 2.13. The maximum absolute atomic E-state index is 9.39. The van der Waals surface area contributed by atoms with E-state index in [0.717, 1.165) is 17.7 Å². The number of aromatic nitrogens is 2. The summed E-state index contributed by atoms with van der Waals surface area (Å²) in [6.45, 7) is 2.65. The molecule has 0 aliphatic carbocycles. The molecule has 0 atom stereocenters. The van der Waals surface area contributed by atoms with Gasteiger partial charge in [-0.2, -0.15) is 10.4 Å². The molecular weight excluding hydrogens is 324 g/mol. The fraction of sp³-hybridized carbons (Fsp3) is 0.238. The third-order valence-corrected chi connectivity index (χ3v) is 4.23. The van der Waals surface area contributed by atoms with Gasteiger partial charge >= 0.3 is 0 Å². The van der Waals surface area contributed by atoms with E-state index in [1.165, 1.54) is 5.56 Å². The number of benzene rings is 2. The lowest BCUT2D eigenvalue weighted by Gasteiger charge is -2.21. The molecule has 0 aliphatic heterocycles. The van der Waals surface area contributed by atoms with Crippen LogP contribution in [-0.2, 0) is 19.6 Å². The molecule has 26 heavy (non-hydrogen) atoms. The van der Waals surface area contributed by atoms with E-state index in [1.54, 1.807) is 0 Å². The highest BCUT2D eigenvalue weighted by molar-refractivity contribution is 5.37. The van der Waals surface area contributed by atoms with Crippen molar-refractivity contribution in [1.29, 1.82) is 5.26 Å². The Labute approximate surface area is 153 Å². The van der Waals surface area contributed by atoms with E-state index >= 15 is 0 Å². The predicted molar refractivity (Wildman–Crippen MR) is 100 cm³/mol. The van der Waals surface area contributed by atoms with Gasteiger partial charge in [-0.15, -0.1) is 0 Å². The summed E-state index contributed by atoms with van der Waals surface area (Å²) in [6, 6.07) is 20.0. The van der Waals surface area contributed by atoms with E-state index in [9.17, 15) is 10.4 Å². The molecule has 1 N–H and O–H groups in total. The molecule has 132 valence electrons. The third-order valence-electron chi connectivity index (χ3n) is 4.23. The first-order chi connectivity index (χ1) is 12.8. The fourth-order valence-electron chi connectivity index (χ4n) is 2.97. The zero-order chi connectivity index (χ0) is 18.2. The second kappa shape index (κ2) is 8.95. The molecule has 0 saturated heterocycles. The number of nitriles is 1. The Morgan fingerprint density at radius 1 is 1.00 bits per heavy atom. The lowest BCUT2D eigenvalue weighted by molar-refractivity contribution is 0.184. The molecule has 2 aromatic carbocycles. The quantitative estimate of drug-likeness (QED) is 0.681. The highest BCUT2D eigenvalue weighted by Gasteiger charge is 2.11. The molecule has 0 bridgehead atoms. The van der Waals surface area contributed by atoms with Crippen LogP contribution in [0.5, 0.6) is 0 Å². The molecule has 0 radical (unpaired) electrons. The molecule has 0 amide bonds. The first-order valence-corrected chi connectivity index (χ1v) is 8.65. The summed E-state index contributed by atoms with van der Waals surface area (Å²) in [6.07, 6.45) is 3.90. The zero-order valence-electron chi connectivity index (χ0n) is 14.6. The van der Waals surface area contributed by atoms with Gasteiger partial charge < -0.3 is 5.11 Å². The van der Waals surface area contributed by atoms with E-state index in [2.05, 4.69) is 28.2 Å². The topological polar surface area (TPSA) is 65.1 Å². The molecule has 1 aromatic heterocycles. The standard InChI is InChI=1S/C21H22N4O/c22-12-20-8-4-5-9-21(20)17-24(10-11-26)14-19-13-23-25(16-19)15-18-6-2-1-3-7-18/h1-9,13,16,26H,10-11,14-15,17H2. The number of hydrogen-bond acceptors (Lipinski definition) is 4. The van der Waals surface area contributed by atoms with Crippen molar-refractivity contribution in [2.45, 2.75) is 19.6 Å². The van der Waals surface area contributed by atoms with Gasteiger partial charge in [-0.1, -0.05) is 48.5 Å². The van der Waals surface area contributed by atoms with Crippen LogP contribution in [0.15, 0.2) is 67.0 Å². The van der Waals surface area contributed by atoms with E-state index in [-0.39, 0.29) is 6.61 Å². The van der Waals surface area contributed by atoms with Crippen molar-refractivity contribution in [3.05, 3.63) is 89.2 Å². The predicted octanol–water partition coefficient (Wildman–Crippen LogP) is 2.80. The van der Waals surface area contributed by atoms with E-state index in [0.29, 0.717) is 25.2 Å². The summed E-state index contributed by atoms with van der Waals surface area (Å²) in [5, 5.41) is 23.1. The average Bonchev–Trinajstić information content (AvgIpc) is 3.10. The Hall–Kier alpha value is -2.94. The molecule has 5 nitrogen and oxygen atoms in total. The number of nitrogens with zero attached hydrogens (tertiary/aromatic N) is 4. The Balaban J connectivity index is 1.67. The second-order valence-corrected chi connectivity index (χ2v) is 6.23.